The lowest BCUT2D eigenvalue weighted by atomic mass is 10.1. The minimum absolute atomic E-state index is 0.0210. The molecule has 4 heteroatoms. The van der Waals surface area contributed by atoms with E-state index in [0.29, 0.717) is 0 Å². The molecular weight excluding hydrogens is 219 g/mol. The summed E-state index contributed by atoms with van der Waals surface area (Å²) in [5, 5.41) is 11.2. The number of hydrogen-bond donors (Lipinski definition) is 1. The number of nitrogens with zero attached hydrogens (tertiary/aromatic N) is 1. The topological polar surface area (TPSA) is 52.9 Å². The van der Waals surface area contributed by atoms with Crippen molar-refractivity contribution in [1.29, 1.82) is 5.26 Å². The molecule has 0 radical (unpaired) electrons. The normalized spacial score (nSPS) is 20.5. The first-order valence-corrected chi connectivity index (χ1v) is 5.44. The van der Waals surface area contributed by atoms with Crippen LogP contribution in [0.1, 0.15) is 25.8 Å². The average Bonchev–Trinajstić information content (AvgIpc) is 2.91. The zero-order chi connectivity index (χ0) is 12.6. The van der Waals surface area contributed by atoms with Crippen LogP contribution >= 0.6 is 0 Å². The van der Waals surface area contributed by atoms with Crippen LogP contribution in [0.25, 0.3) is 0 Å². The fraction of sp³-hybridized carbons (Fsp3) is 0.385. The van der Waals surface area contributed by atoms with E-state index in [4.69, 9.17) is 5.26 Å². The van der Waals surface area contributed by atoms with E-state index in [1.807, 2.05) is 19.9 Å². The first kappa shape index (κ1) is 11.6. The van der Waals surface area contributed by atoms with Crippen LogP contribution < -0.4 is 5.32 Å². The van der Waals surface area contributed by atoms with E-state index < -0.39 is 5.82 Å². The number of carbonyl (C=O) groups excluding carboxylic acids is 1. The number of benzene rings is 1. The molecule has 0 aliphatic heterocycles. The van der Waals surface area contributed by atoms with Crippen molar-refractivity contribution in [2.45, 2.75) is 20.3 Å². The van der Waals surface area contributed by atoms with Crippen LogP contribution in [0, 0.1) is 28.5 Å². The molecule has 3 nitrogen and oxygen atoms in total. The van der Waals surface area contributed by atoms with Crippen LogP contribution in [0.15, 0.2) is 18.2 Å². The van der Waals surface area contributed by atoms with Crippen LogP contribution in [0.4, 0.5) is 10.1 Å². The maximum atomic E-state index is 13.5. The second-order valence-electron chi connectivity index (χ2n) is 5.04. The van der Waals surface area contributed by atoms with Gasteiger partial charge in [0.1, 0.15) is 5.82 Å². The first-order valence-electron chi connectivity index (χ1n) is 5.44. The zero-order valence-electron chi connectivity index (χ0n) is 9.75. The number of rotatable bonds is 2. The lowest BCUT2D eigenvalue weighted by molar-refractivity contribution is -0.118. The number of anilines is 1. The van der Waals surface area contributed by atoms with Crippen molar-refractivity contribution in [2.24, 2.45) is 11.3 Å². The highest BCUT2D eigenvalue weighted by Gasteiger charge is 2.50. The van der Waals surface area contributed by atoms with Gasteiger partial charge in [-0.15, -0.1) is 0 Å². The maximum Gasteiger partial charge on any atom is 0.228 e. The molecule has 0 aromatic heterocycles. The van der Waals surface area contributed by atoms with E-state index in [1.54, 1.807) is 0 Å². The molecule has 1 aromatic rings. The fourth-order valence-electron chi connectivity index (χ4n) is 1.82. The van der Waals surface area contributed by atoms with Gasteiger partial charge in [0.15, 0.2) is 0 Å². The van der Waals surface area contributed by atoms with Gasteiger partial charge in [0.2, 0.25) is 5.91 Å². The second-order valence-corrected chi connectivity index (χ2v) is 5.04. The van der Waals surface area contributed by atoms with Gasteiger partial charge in [-0.3, -0.25) is 4.79 Å². The molecule has 1 N–H and O–H groups in total. The molecule has 0 saturated heterocycles. The summed E-state index contributed by atoms with van der Waals surface area (Å²) in [7, 11) is 0. The average molecular weight is 232 g/mol. The van der Waals surface area contributed by atoms with Gasteiger partial charge in [0, 0.05) is 5.92 Å². The fourth-order valence-corrected chi connectivity index (χ4v) is 1.82. The number of nitriles is 1. The van der Waals surface area contributed by atoms with E-state index in [9.17, 15) is 9.18 Å². The highest BCUT2D eigenvalue weighted by atomic mass is 19.1. The third-order valence-electron chi connectivity index (χ3n) is 3.19. The molecule has 1 aromatic carbocycles. The minimum atomic E-state index is -0.573. The highest BCUT2D eigenvalue weighted by molar-refractivity contribution is 5.95. The number of amides is 1. The van der Waals surface area contributed by atoms with Gasteiger partial charge in [0.25, 0.3) is 0 Å². The van der Waals surface area contributed by atoms with Gasteiger partial charge in [-0.2, -0.15) is 5.26 Å². The molecule has 88 valence electrons. The van der Waals surface area contributed by atoms with Crippen molar-refractivity contribution in [1.82, 2.24) is 0 Å². The summed E-state index contributed by atoms with van der Waals surface area (Å²) >= 11 is 0. The molecule has 1 amide bonds. The lowest BCUT2D eigenvalue weighted by Crippen LogP contribution is -2.17. The summed E-state index contributed by atoms with van der Waals surface area (Å²) in [6.45, 7) is 4.01. The third kappa shape index (κ3) is 2.28. The molecule has 0 bridgehead atoms. The van der Waals surface area contributed by atoms with Crippen LogP contribution in [-0.4, -0.2) is 5.91 Å². The minimum Gasteiger partial charge on any atom is -0.323 e. The van der Waals surface area contributed by atoms with Crippen molar-refractivity contribution in [3.63, 3.8) is 0 Å². The Hall–Kier alpha value is -1.89. The Morgan fingerprint density at radius 3 is 2.71 bits per heavy atom. The van der Waals surface area contributed by atoms with E-state index >= 15 is 0 Å². The zero-order valence-corrected chi connectivity index (χ0v) is 9.75. The second kappa shape index (κ2) is 3.85. The standard InChI is InChI=1S/C13H13FN2O/c1-13(2)6-9(13)12(17)16-11-4-3-8(7-15)5-10(11)14/h3-5,9H,6H2,1-2H3,(H,16,17). The van der Waals surface area contributed by atoms with Gasteiger partial charge >= 0.3 is 0 Å². The number of hydrogen-bond acceptors (Lipinski definition) is 2. The quantitative estimate of drug-likeness (QED) is 0.852. The number of nitrogens with one attached hydrogen (secondary N) is 1. The van der Waals surface area contributed by atoms with E-state index in [0.717, 1.165) is 12.5 Å². The summed E-state index contributed by atoms with van der Waals surface area (Å²) in [5.74, 6) is -0.771. The molecule has 17 heavy (non-hydrogen) atoms. The Morgan fingerprint density at radius 1 is 1.59 bits per heavy atom. The van der Waals surface area contributed by atoms with Gasteiger partial charge in [-0.05, 0) is 30.0 Å². The Bertz CT molecular complexity index is 517. The molecule has 1 saturated carbocycles. The molecule has 1 unspecified atom stereocenters. The van der Waals surface area contributed by atoms with Crippen molar-refractivity contribution in [3.05, 3.63) is 29.6 Å². The Kier molecular flexibility index (Phi) is 2.62. The highest BCUT2D eigenvalue weighted by Crippen LogP contribution is 2.52. The van der Waals surface area contributed by atoms with Crippen LogP contribution in [-0.2, 0) is 4.79 Å². The van der Waals surface area contributed by atoms with Gasteiger partial charge in [-0.1, -0.05) is 13.8 Å². The van der Waals surface area contributed by atoms with E-state index in [2.05, 4.69) is 5.32 Å². The summed E-state index contributed by atoms with van der Waals surface area (Å²) in [6, 6.07) is 5.86. The van der Waals surface area contributed by atoms with Crippen molar-refractivity contribution in [2.75, 3.05) is 5.32 Å². The Morgan fingerprint density at radius 2 is 2.24 bits per heavy atom. The Balaban J connectivity index is 2.10. The molecule has 1 aliphatic rings. The molecule has 1 aliphatic carbocycles. The van der Waals surface area contributed by atoms with Gasteiger partial charge in [-0.25, -0.2) is 4.39 Å². The van der Waals surface area contributed by atoms with Crippen molar-refractivity contribution < 1.29 is 9.18 Å². The van der Waals surface area contributed by atoms with E-state index in [-0.39, 0.29) is 28.5 Å². The maximum absolute atomic E-state index is 13.5. The molecule has 1 atom stereocenters. The largest absolute Gasteiger partial charge is 0.323 e. The smallest absolute Gasteiger partial charge is 0.228 e. The SMILES string of the molecule is CC1(C)CC1C(=O)Nc1ccc(C#N)cc1F. The molecule has 1 fully saturated rings. The van der Waals surface area contributed by atoms with Crippen molar-refractivity contribution in [3.8, 4) is 6.07 Å². The van der Waals surface area contributed by atoms with Gasteiger partial charge in [0.05, 0.1) is 17.3 Å². The summed E-state index contributed by atoms with van der Waals surface area (Å²) in [6.07, 6.45) is 0.830. The monoisotopic (exact) mass is 232 g/mol. The summed E-state index contributed by atoms with van der Waals surface area (Å²) in [5.41, 5.74) is 0.400. The summed E-state index contributed by atoms with van der Waals surface area (Å²) in [4.78, 5) is 11.8. The number of carbonyl (C=O) groups is 1. The molecule has 0 spiro atoms. The third-order valence-corrected chi connectivity index (χ3v) is 3.19. The lowest BCUT2D eigenvalue weighted by Gasteiger charge is -2.07. The molecule has 0 heterocycles. The summed E-state index contributed by atoms with van der Waals surface area (Å²) < 4.78 is 13.5. The van der Waals surface area contributed by atoms with Crippen LogP contribution in [0.3, 0.4) is 0 Å². The first-order chi connectivity index (χ1) is 7.94. The Labute approximate surface area is 99.2 Å². The predicted molar refractivity (Wildman–Crippen MR) is 61.6 cm³/mol. The number of halogens is 1. The molecule has 2 rings (SSSR count). The predicted octanol–water partition coefficient (Wildman–Crippen LogP) is 2.68. The van der Waals surface area contributed by atoms with E-state index in [1.165, 1.54) is 12.1 Å². The molecular formula is C13H13FN2O. The van der Waals surface area contributed by atoms with Crippen LogP contribution in [0.5, 0.6) is 0 Å². The van der Waals surface area contributed by atoms with Crippen molar-refractivity contribution >= 4 is 11.6 Å². The van der Waals surface area contributed by atoms with Crippen LogP contribution in [0.2, 0.25) is 0 Å². The van der Waals surface area contributed by atoms with Gasteiger partial charge < -0.3 is 5.32 Å².